The van der Waals surface area contributed by atoms with Gasteiger partial charge in [-0.3, -0.25) is 15.0 Å². The minimum absolute atomic E-state index is 0. The molecule has 3 heterocycles. The zero-order valence-corrected chi connectivity index (χ0v) is 16.8. The van der Waals surface area contributed by atoms with Gasteiger partial charge in [0.1, 0.15) is 5.82 Å². The minimum atomic E-state index is 0. The van der Waals surface area contributed by atoms with Gasteiger partial charge in [0.15, 0.2) is 11.7 Å². The van der Waals surface area contributed by atoms with Crippen LogP contribution >= 0.6 is 24.0 Å². The Bertz CT molecular complexity index is 655. The van der Waals surface area contributed by atoms with Crippen molar-refractivity contribution in [3.63, 3.8) is 0 Å². The average Bonchev–Trinajstić information content (AvgIpc) is 3.32. The van der Waals surface area contributed by atoms with Crippen molar-refractivity contribution in [3.05, 3.63) is 24.2 Å². The molecule has 8 nitrogen and oxygen atoms in total. The second kappa shape index (κ2) is 9.76. The van der Waals surface area contributed by atoms with E-state index in [0.29, 0.717) is 36.6 Å². The van der Waals surface area contributed by atoms with Gasteiger partial charge in [0, 0.05) is 19.0 Å². The predicted molar refractivity (Wildman–Crippen MR) is 108 cm³/mol. The van der Waals surface area contributed by atoms with Crippen LogP contribution in [0.5, 0.6) is 0 Å². The van der Waals surface area contributed by atoms with Crippen molar-refractivity contribution in [1.82, 2.24) is 25.4 Å². The summed E-state index contributed by atoms with van der Waals surface area (Å²) in [7, 11) is 0. The van der Waals surface area contributed by atoms with Crippen LogP contribution in [-0.4, -0.2) is 58.3 Å². The summed E-state index contributed by atoms with van der Waals surface area (Å²) in [6.07, 6.45) is 4.76. The van der Waals surface area contributed by atoms with Crippen LogP contribution in [0.25, 0.3) is 11.6 Å². The summed E-state index contributed by atoms with van der Waals surface area (Å²) in [5, 5.41) is 10.2. The van der Waals surface area contributed by atoms with Gasteiger partial charge in [-0.1, -0.05) is 6.92 Å². The molecule has 1 aliphatic heterocycles. The van der Waals surface area contributed by atoms with E-state index < -0.39 is 0 Å². The van der Waals surface area contributed by atoms with Crippen molar-refractivity contribution in [2.24, 2.45) is 10.7 Å². The first kappa shape index (κ1) is 19.7. The summed E-state index contributed by atoms with van der Waals surface area (Å²) in [6, 6.07) is 4.17. The maximum Gasteiger partial charge on any atom is 0.216 e. The van der Waals surface area contributed by atoms with E-state index in [1.807, 2.05) is 12.1 Å². The first-order chi connectivity index (χ1) is 11.8. The molecule has 1 atom stereocenters. The van der Waals surface area contributed by atoms with Gasteiger partial charge in [0.05, 0.1) is 12.8 Å². The number of H-pyrrole nitrogens is 1. The van der Waals surface area contributed by atoms with Gasteiger partial charge in [-0.25, -0.2) is 4.98 Å². The maximum absolute atomic E-state index is 5.94. The quantitative estimate of drug-likeness (QED) is 0.330. The Morgan fingerprint density at radius 1 is 1.56 bits per heavy atom. The molecule has 0 saturated carbocycles. The van der Waals surface area contributed by atoms with Crippen molar-refractivity contribution in [2.45, 2.75) is 32.2 Å². The third kappa shape index (κ3) is 5.43. The molecule has 1 saturated heterocycles. The molecule has 0 aromatic carbocycles. The van der Waals surface area contributed by atoms with Crippen LogP contribution in [0.3, 0.4) is 0 Å². The molecule has 0 aliphatic carbocycles. The van der Waals surface area contributed by atoms with Crippen LogP contribution in [0.2, 0.25) is 0 Å². The van der Waals surface area contributed by atoms with E-state index in [-0.39, 0.29) is 24.0 Å². The lowest BCUT2D eigenvalue weighted by atomic mass is 10.2. The summed E-state index contributed by atoms with van der Waals surface area (Å²) in [4.78, 5) is 11.3. The zero-order valence-electron chi connectivity index (χ0n) is 14.4. The molecule has 25 heavy (non-hydrogen) atoms. The van der Waals surface area contributed by atoms with Crippen LogP contribution in [0.4, 0.5) is 0 Å². The minimum Gasteiger partial charge on any atom is -0.461 e. The van der Waals surface area contributed by atoms with E-state index in [9.17, 15) is 0 Å². The number of aliphatic imine (C=N–C) groups is 1. The van der Waals surface area contributed by atoms with E-state index in [2.05, 4.69) is 37.3 Å². The van der Waals surface area contributed by atoms with Gasteiger partial charge in [-0.05, 0) is 38.1 Å². The Morgan fingerprint density at radius 3 is 3.20 bits per heavy atom. The van der Waals surface area contributed by atoms with Crippen LogP contribution in [0.1, 0.15) is 25.6 Å². The fourth-order valence-corrected chi connectivity index (χ4v) is 3.01. The second-order valence-electron chi connectivity index (χ2n) is 5.91. The smallest absolute Gasteiger partial charge is 0.216 e. The zero-order chi connectivity index (χ0) is 16.8. The van der Waals surface area contributed by atoms with Crippen molar-refractivity contribution in [3.8, 4) is 11.6 Å². The molecule has 0 spiro atoms. The number of furan rings is 1. The number of likely N-dealkylation sites (N-methyl/N-ethyl adjacent to an activating group) is 1. The Balaban J connectivity index is 0.00000225. The van der Waals surface area contributed by atoms with Crippen molar-refractivity contribution in [2.75, 3.05) is 26.2 Å². The summed E-state index contributed by atoms with van der Waals surface area (Å²) in [5.41, 5.74) is 5.94. The molecule has 1 fully saturated rings. The highest BCUT2D eigenvalue weighted by molar-refractivity contribution is 14.0. The Morgan fingerprint density at radius 2 is 2.44 bits per heavy atom. The topological polar surface area (TPSA) is 108 Å². The lowest BCUT2D eigenvalue weighted by Gasteiger charge is -2.20. The number of hydrogen-bond acceptors (Lipinski definition) is 5. The van der Waals surface area contributed by atoms with E-state index in [1.165, 1.54) is 19.4 Å². The highest BCUT2D eigenvalue weighted by Crippen LogP contribution is 2.16. The van der Waals surface area contributed by atoms with Crippen LogP contribution < -0.4 is 11.1 Å². The van der Waals surface area contributed by atoms with Crippen molar-refractivity contribution < 1.29 is 4.42 Å². The Kier molecular flexibility index (Phi) is 7.69. The summed E-state index contributed by atoms with van der Waals surface area (Å²) >= 11 is 0. The molecular formula is C16H26IN7O. The number of halogens is 1. The van der Waals surface area contributed by atoms with Gasteiger partial charge in [-0.2, -0.15) is 5.10 Å². The van der Waals surface area contributed by atoms with Gasteiger partial charge in [0.2, 0.25) is 5.82 Å². The average molecular weight is 459 g/mol. The standard InChI is InChI=1S/C16H25N7O.HI/c1-2-23-9-3-5-12(23)11-19-16(17)18-8-7-14-20-15(22-21-14)13-6-4-10-24-13;/h4,6,10,12H,2-3,5,7-9,11H2,1H3,(H3,17,18,19)(H,20,21,22);1H. The van der Waals surface area contributed by atoms with Gasteiger partial charge >= 0.3 is 0 Å². The third-order valence-electron chi connectivity index (χ3n) is 4.32. The number of nitrogens with two attached hydrogens (primary N) is 1. The normalized spacial score (nSPS) is 18.3. The third-order valence-corrected chi connectivity index (χ3v) is 4.32. The van der Waals surface area contributed by atoms with E-state index in [0.717, 1.165) is 18.9 Å². The lowest BCUT2D eigenvalue weighted by Crippen LogP contribution is -2.36. The fourth-order valence-electron chi connectivity index (χ4n) is 3.01. The summed E-state index contributed by atoms with van der Waals surface area (Å²) in [6.45, 7) is 5.87. The largest absolute Gasteiger partial charge is 0.461 e. The van der Waals surface area contributed by atoms with Crippen LogP contribution in [0.15, 0.2) is 27.8 Å². The van der Waals surface area contributed by atoms with Gasteiger partial charge in [-0.15, -0.1) is 24.0 Å². The lowest BCUT2D eigenvalue weighted by molar-refractivity contribution is 0.273. The van der Waals surface area contributed by atoms with Crippen molar-refractivity contribution >= 4 is 29.9 Å². The first-order valence-corrected chi connectivity index (χ1v) is 8.49. The molecule has 4 N–H and O–H groups in total. The SMILES string of the molecule is CCN1CCCC1CN=C(N)NCCc1nc(-c2ccco2)n[nH]1.I. The number of hydrogen-bond donors (Lipinski definition) is 3. The van der Waals surface area contributed by atoms with E-state index in [1.54, 1.807) is 6.26 Å². The monoisotopic (exact) mass is 459 g/mol. The molecule has 0 amide bonds. The summed E-state index contributed by atoms with van der Waals surface area (Å²) < 4.78 is 5.27. The molecule has 0 radical (unpaired) electrons. The molecular weight excluding hydrogens is 433 g/mol. The predicted octanol–water partition coefficient (Wildman–Crippen LogP) is 1.61. The molecule has 138 valence electrons. The number of nitrogens with zero attached hydrogens (tertiary/aromatic N) is 4. The summed E-state index contributed by atoms with van der Waals surface area (Å²) in [5.74, 6) is 2.50. The number of nitrogens with one attached hydrogen (secondary N) is 2. The first-order valence-electron chi connectivity index (χ1n) is 8.49. The number of likely N-dealkylation sites (tertiary alicyclic amines) is 1. The fraction of sp³-hybridized carbons (Fsp3) is 0.562. The molecule has 0 bridgehead atoms. The van der Waals surface area contributed by atoms with Gasteiger partial charge < -0.3 is 15.5 Å². The number of aromatic nitrogens is 3. The molecule has 2 aromatic rings. The molecule has 1 aliphatic rings. The second-order valence-corrected chi connectivity index (χ2v) is 5.91. The van der Waals surface area contributed by atoms with E-state index in [4.69, 9.17) is 10.2 Å². The molecule has 1 unspecified atom stereocenters. The number of guanidine groups is 1. The van der Waals surface area contributed by atoms with Crippen LogP contribution in [-0.2, 0) is 6.42 Å². The Labute approximate surface area is 164 Å². The van der Waals surface area contributed by atoms with Crippen molar-refractivity contribution in [1.29, 1.82) is 0 Å². The van der Waals surface area contributed by atoms with E-state index >= 15 is 0 Å². The number of rotatable bonds is 7. The van der Waals surface area contributed by atoms with Crippen LogP contribution in [0, 0.1) is 0 Å². The molecule has 9 heteroatoms. The number of aromatic amines is 1. The Hall–Kier alpha value is -1.62. The maximum atomic E-state index is 5.94. The highest BCUT2D eigenvalue weighted by atomic mass is 127. The highest BCUT2D eigenvalue weighted by Gasteiger charge is 2.22. The van der Waals surface area contributed by atoms with Gasteiger partial charge in [0.25, 0.3) is 0 Å². The molecule has 2 aromatic heterocycles. The molecule has 3 rings (SSSR count).